The highest BCUT2D eigenvalue weighted by Crippen LogP contribution is 2.39. The van der Waals surface area contributed by atoms with Crippen molar-refractivity contribution in [2.45, 2.75) is 24.8 Å². The molecule has 0 spiro atoms. The molecule has 3 N–H and O–H groups in total. The number of phenols is 1. The van der Waals surface area contributed by atoms with Crippen LogP contribution in [-0.4, -0.2) is 28.1 Å². The molecular formula is C30H21F6NO4. The summed E-state index contributed by atoms with van der Waals surface area (Å²) in [4.78, 5) is 24.9. The zero-order valence-electron chi connectivity index (χ0n) is 20.9. The molecule has 4 rings (SSSR count). The lowest BCUT2D eigenvalue weighted by atomic mass is 9.96. The summed E-state index contributed by atoms with van der Waals surface area (Å²) in [6.07, 6.45) is -9.53. The maximum atomic E-state index is 13.5. The standard InChI is InChI=1S/C30H21F6NO4/c31-29(32,33)23-7-3-1-5-20(23)18-11-9-17(10-12-18)15-25(28(40)41)37-27(39)22-16-19(13-14-26(22)38)21-6-2-4-8-24(21)30(34,35)36/h1-14,16,25,38H,15H2,(H,37,39)(H,40,41). The number of carbonyl (C=O) groups is 2. The second kappa shape index (κ2) is 11.4. The molecule has 0 aromatic heterocycles. The van der Waals surface area contributed by atoms with Gasteiger partial charge >= 0.3 is 18.3 Å². The molecule has 1 atom stereocenters. The summed E-state index contributed by atoms with van der Waals surface area (Å²) in [5, 5.41) is 22.2. The Bertz CT molecular complexity index is 1580. The fraction of sp³-hybridized carbons (Fsp3) is 0.133. The Morgan fingerprint density at radius 2 is 1.20 bits per heavy atom. The maximum Gasteiger partial charge on any atom is 0.417 e. The van der Waals surface area contributed by atoms with Crippen molar-refractivity contribution in [3.05, 3.63) is 113 Å². The third-order valence-electron chi connectivity index (χ3n) is 6.33. The number of hydrogen-bond donors (Lipinski definition) is 3. The van der Waals surface area contributed by atoms with E-state index in [-0.39, 0.29) is 28.7 Å². The van der Waals surface area contributed by atoms with Crippen LogP contribution < -0.4 is 5.32 Å². The van der Waals surface area contributed by atoms with Crippen molar-refractivity contribution in [3.8, 4) is 28.0 Å². The Morgan fingerprint density at radius 1 is 0.707 bits per heavy atom. The molecule has 0 aliphatic heterocycles. The summed E-state index contributed by atoms with van der Waals surface area (Å²) in [5.74, 6) is -3.06. The number of aliphatic carboxylic acids is 1. The van der Waals surface area contributed by atoms with Crippen LogP contribution in [0.15, 0.2) is 91.0 Å². The van der Waals surface area contributed by atoms with Crippen molar-refractivity contribution in [2.24, 2.45) is 0 Å². The highest BCUT2D eigenvalue weighted by molar-refractivity contribution is 6.00. The van der Waals surface area contributed by atoms with Gasteiger partial charge < -0.3 is 15.5 Å². The molecule has 0 radical (unpaired) electrons. The molecular weight excluding hydrogens is 552 g/mol. The van der Waals surface area contributed by atoms with Gasteiger partial charge in [0.15, 0.2) is 0 Å². The van der Waals surface area contributed by atoms with Crippen LogP contribution in [0.1, 0.15) is 27.0 Å². The molecule has 41 heavy (non-hydrogen) atoms. The molecule has 0 aliphatic rings. The second-order valence-electron chi connectivity index (χ2n) is 9.08. The van der Waals surface area contributed by atoms with Crippen LogP contribution in [-0.2, 0) is 23.6 Å². The predicted octanol–water partition coefficient (Wildman–Crippen LogP) is 7.19. The van der Waals surface area contributed by atoms with E-state index in [1.165, 1.54) is 66.7 Å². The number of aromatic hydroxyl groups is 1. The van der Waals surface area contributed by atoms with Gasteiger partial charge in [0.05, 0.1) is 16.7 Å². The van der Waals surface area contributed by atoms with Gasteiger partial charge in [-0.25, -0.2) is 4.79 Å². The van der Waals surface area contributed by atoms with E-state index in [0.717, 1.165) is 24.3 Å². The number of alkyl halides is 6. The van der Waals surface area contributed by atoms with E-state index in [1.54, 1.807) is 0 Å². The molecule has 0 bridgehead atoms. The van der Waals surface area contributed by atoms with Crippen molar-refractivity contribution in [2.75, 3.05) is 0 Å². The summed E-state index contributed by atoms with van der Waals surface area (Å²) in [6, 6.07) is 17.0. The van der Waals surface area contributed by atoms with Gasteiger partial charge in [-0.1, -0.05) is 66.7 Å². The Kier molecular flexibility index (Phi) is 8.09. The molecule has 0 fully saturated rings. The number of hydrogen-bond acceptors (Lipinski definition) is 3. The molecule has 212 valence electrons. The molecule has 5 nitrogen and oxygen atoms in total. The van der Waals surface area contributed by atoms with Crippen LogP contribution in [0.4, 0.5) is 26.3 Å². The summed E-state index contributed by atoms with van der Waals surface area (Å²) >= 11 is 0. The molecule has 1 amide bonds. The topological polar surface area (TPSA) is 86.6 Å². The number of benzene rings is 4. The number of amides is 1. The van der Waals surface area contributed by atoms with Gasteiger partial charge in [-0.05, 0) is 52.1 Å². The predicted molar refractivity (Wildman–Crippen MR) is 138 cm³/mol. The lowest BCUT2D eigenvalue weighted by Crippen LogP contribution is -2.42. The summed E-state index contributed by atoms with van der Waals surface area (Å²) in [5.41, 5.74) is -1.92. The summed E-state index contributed by atoms with van der Waals surface area (Å²) < 4.78 is 80.6. The number of nitrogens with one attached hydrogen (secondary N) is 1. The minimum Gasteiger partial charge on any atom is -0.507 e. The van der Waals surface area contributed by atoms with E-state index in [0.29, 0.717) is 5.56 Å². The first-order valence-electron chi connectivity index (χ1n) is 12.0. The van der Waals surface area contributed by atoms with E-state index in [1.807, 2.05) is 0 Å². The lowest BCUT2D eigenvalue weighted by Gasteiger charge is -2.17. The monoisotopic (exact) mass is 573 g/mol. The van der Waals surface area contributed by atoms with Gasteiger partial charge in [0, 0.05) is 6.42 Å². The smallest absolute Gasteiger partial charge is 0.417 e. The molecule has 4 aromatic carbocycles. The number of rotatable bonds is 7. The molecule has 0 saturated carbocycles. The van der Waals surface area contributed by atoms with Crippen LogP contribution >= 0.6 is 0 Å². The molecule has 0 heterocycles. The normalized spacial score (nSPS) is 12.5. The molecule has 11 heteroatoms. The number of carboxylic acid groups (broad SMARTS) is 1. The Labute approximate surface area is 229 Å². The van der Waals surface area contributed by atoms with Gasteiger partial charge in [0.25, 0.3) is 5.91 Å². The van der Waals surface area contributed by atoms with Crippen molar-refractivity contribution in [3.63, 3.8) is 0 Å². The third kappa shape index (κ3) is 6.68. The fourth-order valence-corrected chi connectivity index (χ4v) is 4.34. The van der Waals surface area contributed by atoms with E-state index in [4.69, 9.17) is 0 Å². The van der Waals surface area contributed by atoms with Gasteiger partial charge in [-0.3, -0.25) is 4.79 Å². The van der Waals surface area contributed by atoms with Gasteiger partial charge in [0.2, 0.25) is 0 Å². The summed E-state index contributed by atoms with van der Waals surface area (Å²) in [6.45, 7) is 0. The van der Waals surface area contributed by atoms with Gasteiger partial charge in [-0.15, -0.1) is 0 Å². The highest BCUT2D eigenvalue weighted by atomic mass is 19.4. The van der Waals surface area contributed by atoms with Crippen LogP contribution in [0.5, 0.6) is 5.75 Å². The molecule has 0 aliphatic carbocycles. The number of phenolic OH excluding ortho intramolecular Hbond substituents is 1. The summed E-state index contributed by atoms with van der Waals surface area (Å²) in [7, 11) is 0. The van der Waals surface area contributed by atoms with Crippen LogP contribution in [0.3, 0.4) is 0 Å². The van der Waals surface area contributed by atoms with Crippen molar-refractivity contribution in [1.82, 2.24) is 5.32 Å². The number of carboxylic acids is 1. The zero-order valence-corrected chi connectivity index (χ0v) is 20.9. The van der Waals surface area contributed by atoms with Crippen LogP contribution in [0.2, 0.25) is 0 Å². The minimum absolute atomic E-state index is 0.0255. The van der Waals surface area contributed by atoms with Crippen LogP contribution in [0.25, 0.3) is 22.3 Å². The lowest BCUT2D eigenvalue weighted by molar-refractivity contribution is -0.139. The first kappa shape index (κ1) is 29.2. The Hall–Kier alpha value is -4.80. The third-order valence-corrected chi connectivity index (χ3v) is 6.33. The number of halogens is 6. The SMILES string of the molecule is O=C(NC(Cc1ccc(-c2ccccc2C(F)(F)F)cc1)C(=O)O)c1cc(-c2ccccc2C(F)(F)F)ccc1O. The highest BCUT2D eigenvalue weighted by Gasteiger charge is 2.34. The first-order valence-corrected chi connectivity index (χ1v) is 12.0. The quantitative estimate of drug-likeness (QED) is 0.204. The van der Waals surface area contributed by atoms with Crippen molar-refractivity contribution in [1.29, 1.82) is 0 Å². The minimum atomic E-state index is -4.68. The van der Waals surface area contributed by atoms with Gasteiger partial charge in [0.1, 0.15) is 11.8 Å². The fourth-order valence-electron chi connectivity index (χ4n) is 4.34. The average molecular weight is 573 g/mol. The molecule has 0 saturated heterocycles. The maximum absolute atomic E-state index is 13.5. The largest absolute Gasteiger partial charge is 0.507 e. The van der Waals surface area contributed by atoms with Crippen molar-refractivity contribution >= 4 is 11.9 Å². The van der Waals surface area contributed by atoms with Gasteiger partial charge in [-0.2, -0.15) is 26.3 Å². The Balaban J connectivity index is 1.56. The Morgan fingerprint density at radius 3 is 1.71 bits per heavy atom. The van der Waals surface area contributed by atoms with E-state index in [9.17, 15) is 46.1 Å². The molecule has 1 unspecified atom stereocenters. The zero-order chi connectivity index (χ0) is 29.9. The second-order valence-corrected chi connectivity index (χ2v) is 9.08. The van der Waals surface area contributed by atoms with E-state index in [2.05, 4.69) is 5.32 Å². The van der Waals surface area contributed by atoms with Crippen molar-refractivity contribution < 1.29 is 46.1 Å². The van der Waals surface area contributed by atoms with Crippen LogP contribution in [0, 0.1) is 0 Å². The van der Waals surface area contributed by atoms with E-state index < -0.39 is 52.7 Å². The first-order chi connectivity index (χ1) is 19.3. The molecule has 4 aromatic rings. The average Bonchev–Trinajstić information content (AvgIpc) is 2.92. The van der Waals surface area contributed by atoms with E-state index >= 15 is 0 Å². The number of carbonyl (C=O) groups excluding carboxylic acids is 1.